The number of nitrogens with one attached hydrogen (secondary N) is 1. The Balaban J connectivity index is 1.64. The first kappa shape index (κ1) is 25.7. The monoisotopic (exact) mass is 523 g/mol. The number of esters is 1. The van der Waals surface area contributed by atoms with Crippen molar-refractivity contribution in [2.45, 2.75) is 30.5 Å². The zero-order chi connectivity index (χ0) is 26.7. The SMILES string of the molecule is CC(=O)OC1c2ccccc2C(=O)N1C(=O)CC(NS(=O)(=O)c1ccc([N+](=O)[O-])cc1)c1ccccc1. The highest BCUT2D eigenvalue weighted by atomic mass is 32.2. The molecule has 0 bridgehead atoms. The van der Waals surface area contributed by atoms with Crippen LogP contribution >= 0.6 is 0 Å². The van der Waals surface area contributed by atoms with Gasteiger partial charge in [0.05, 0.1) is 15.9 Å². The van der Waals surface area contributed by atoms with E-state index in [1.807, 2.05) is 0 Å². The van der Waals surface area contributed by atoms with E-state index < -0.39 is 51.4 Å². The number of fused-ring (bicyclic) bond motifs is 1. The maximum absolute atomic E-state index is 13.4. The van der Waals surface area contributed by atoms with Crippen molar-refractivity contribution in [3.63, 3.8) is 0 Å². The third-order valence-electron chi connectivity index (χ3n) is 5.69. The molecule has 3 aromatic carbocycles. The summed E-state index contributed by atoms with van der Waals surface area (Å²) in [4.78, 5) is 49.1. The van der Waals surface area contributed by atoms with E-state index >= 15 is 0 Å². The number of hydrogen-bond donors (Lipinski definition) is 1. The van der Waals surface area contributed by atoms with Crippen LogP contribution in [0.1, 0.15) is 47.1 Å². The van der Waals surface area contributed by atoms with Crippen molar-refractivity contribution in [2.75, 3.05) is 0 Å². The summed E-state index contributed by atoms with van der Waals surface area (Å²) in [5, 5.41) is 10.9. The number of nitrogens with zero attached hydrogens (tertiary/aromatic N) is 2. The van der Waals surface area contributed by atoms with E-state index in [0.717, 1.165) is 36.1 Å². The van der Waals surface area contributed by atoms with E-state index in [2.05, 4.69) is 4.72 Å². The summed E-state index contributed by atoms with van der Waals surface area (Å²) in [5.41, 5.74) is 0.704. The Kier molecular flexibility index (Phi) is 7.14. The Morgan fingerprint density at radius 1 is 1.03 bits per heavy atom. The number of sulfonamides is 1. The van der Waals surface area contributed by atoms with E-state index in [-0.39, 0.29) is 16.1 Å². The summed E-state index contributed by atoms with van der Waals surface area (Å²) in [5.74, 6) is -2.14. The number of hydrogen-bond acceptors (Lipinski definition) is 8. The molecule has 2 atom stereocenters. The Hall–Kier alpha value is -4.42. The molecule has 190 valence electrons. The van der Waals surface area contributed by atoms with Gasteiger partial charge in [0.15, 0.2) is 0 Å². The molecule has 1 N–H and O–H groups in total. The largest absolute Gasteiger partial charge is 0.437 e. The van der Waals surface area contributed by atoms with Crippen molar-refractivity contribution in [2.24, 2.45) is 0 Å². The van der Waals surface area contributed by atoms with Crippen molar-refractivity contribution < 1.29 is 32.5 Å². The predicted molar refractivity (Wildman–Crippen MR) is 129 cm³/mol. The molecule has 12 heteroatoms. The van der Waals surface area contributed by atoms with Crippen molar-refractivity contribution in [1.29, 1.82) is 0 Å². The van der Waals surface area contributed by atoms with Gasteiger partial charge >= 0.3 is 5.97 Å². The lowest BCUT2D eigenvalue weighted by Crippen LogP contribution is -2.39. The maximum atomic E-state index is 13.4. The summed E-state index contributed by atoms with van der Waals surface area (Å²) in [6, 6.07) is 17.8. The molecule has 3 aromatic rings. The molecule has 2 amide bonds. The molecule has 0 aliphatic carbocycles. The number of nitro benzene ring substituents is 1. The normalized spacial score (nSPS) is 15.6. The van der Waals surface area contributed by atoms with Gasteiger partial charge in [-0.25, -0.2) is 18.0 Å². The molecule has 1 aliphatic rings. The molecule has 0 spiro atoms. The number of nitro groups is 1. The highest BCUT2D eigenvalue weighted by molar-refractivity contribution is 7.89. The first-order valence-corrected chi connectivity index (χ1v) is 12.5. The van der Waals surface area contributed by atoms with Gasteiger partial charge in [0, 0.05) is 36.6 Å². The summed E-state index contributed by atoms with van der Waals surface area (Å²) in [6.07, 6.45) is -1.76. The zero-order valence-electron chi connectivity index (χ0n) is 19.4. The Morgan fingerprint density at radius 2 is 1.65 bits per heavy atom. The summed E-state index contributed by atoms with van der Waals surface area (Å²) in [7, 11) is -4.23. The molecule has 1 heterocycles. The molecular formula is C25H21N3O8S. The van der Waals surface area contributed by atoms with Gasteiger partial charge in [-0.3, -0.25) is 24.5 Å². The van der Waals surface area contributed by atoms with Gasteiger partial charge in [0.1, 0.15) is 0 Å². The number of carbonyl (C=O) groups is 3. The molecule has 1 aliphatic heterocycles. The standard InChI is InChI=1S/C25H21N3O8S/c1-16(29)36-25-21-10-6-5-9-20(21)24(31)27(25)23(30)15-22(17-7-3-2-4-8-17)26-37(34,35)19-13-11-18(12-14-19)28(32)33/h2-14,22,25-26H,15H2,1H3. The quantitative estimate of drug-likeness (QED) is 0.268. The number of ether oxygens (including phenoxy) is 1. The minimum absolute atomic E-state index is 0.199. The number of amides is 2. The van der Waals surface area contributed by atoms with E-state index in [4.69, 9.17) is 4.74 Å². The van der Waals surface area contributed by atoms with Crippen LogP contribution in [0.15, 0.2) is 83.8 Å². The van der Waals surface area contributed by atoms with Crippen LogP contribution in [0.4, 0.5) is 5.69 Å². The first-order chi connectivity index (χ1) is 17.6. The van der Waals surface area contributed by atoms with Crippen molar-refractivity contribution in [3.05, 3.63) is 106 Å². The highest BCUT2D eigenvalue weighted by Gasteiger charge is 2.43. The van der Waals surface area contributed by atoms with Crippen LogP contribution in [0, 0.1) is 10.1 Å². The van der Waals surface area contributed by atoms with E-state index in [0.29, 0.717) is 11.1 Å². The number of non-ortho nitro benzene ring substituents is 1. The Labute approximate surface area is 211 Å². The average Bonchev–Trinajstić information content (AvgIpc) is 3.15. The maximum Gasteiger partial charge on any atom is 0.304 e. The second kappa shape index (κ2) is 10.3. The van der Waals surface area contributed by atoms with Gasteiger partial charge in [-0.1, -0.05) is 48.5 Å². The van der Waals surface area contributed by atoms with Crippen molar-refractivity contribution in [3.8, 4) is 0 Å². The lowest BCUT2D eigenvalue weighted by Gasteiger charge is -2.26. The lowest BCUT2D eigenvalue weighted by atomic mass is 10.0. The van der Waals surface area contributed by atoms with Gasteiger partial charge < -0.3 is 4.74 Å². The molecule has 4 rings (SSSR count). The van der Waals surface area contributed by atoms with Gasteiger partial charge in [0.25, 0.3) is 11.6 Å². The fraction of sp³-hybridized carbons (Fsp3) is 0.160. The molecule has 2 unspecified atom stereocenters. The number of benzene rings is 3. The molecule has 37 heavy (non-hydrogen) atoms. The van der Waals surface area contributed by atoms with Crippen LogP contribution in [0.25, 0.3) is 0 Å². The fourth-order valence-corrected chi connectivity index (χ4v) is 5.21. The second-order valence-electron chi connectivity index (χ2n) is 8.16. The smallest absolute Gasteiger partial charge is 0.304 e. The minimum atomic E-state index is -4.23. The second-order valence-corrected chi connectivity index (χ2v) is 9.87. The van der Waals surface area contributed by atoms with E-state index in [1.165, 1.54) is 6.07 Å². The third kappa shape index (κ3) is 5.39. The minimum Gasteiger partial charge on any atom is -0.437 e. The van der Waals surface area contributed by atoms with Crippen molar-refractivity contribution in [1.82, 2.24) is 9.62 Å². The Bertz CT molecular complexity index is 1470. The number of imide groups is 1. The number of carbonyl (C=O) groups excluding carboxylic acids is 3. The lowest BCUT2D eigenvalue weighted by molar-refractivity contribution is -0.384. The van der Waals surface area contributed by atoms with Gasteiger partial charge in [-0.05, 0) is 23.8 Å². The topological polar surface area (TPSA) is 153 Å². The zero-order valence-corrected chi connectivity index (χ0v) is 20.3. The molecule has 0 radical (unpaired) electrons. The van der Waals surface area contributed by atoms with Crippen LogP contribution in [0.2, 0.25) is 0 Å². The van der Waals surface area contributed by atoms with Crippen LogP contribution in [-0.4, -0.2) is 36.0 Å². The molecular weight excluding hydrogens is 502 g/mol. The van der Waals surface area contributed by atoms with Gasteiger partial charge in [-0.15, -0.1) is 0 Å². The third-order valence-corrected chi connectivity index (χ3v) is 7.18. The predicted octanol–water partition coefficient (Wildman–Crippen LogP) is 3.25. The van der Waals surface area contributed by atoms with E-state index in [1.54, 1.807) is 48.5 Å². The first-order valence-electron chi connectivity index (χ1n) is 11.0. The highest BCUT2D eigenvalue weighted by Crippen LogP contribution is 2.36. The van der Waals surface area contributed by atoms with Crippen LogP contribution in [0.3, 0.4) is 0 Å². The summed E-state index contributed by atoms with van der Waals surface area (Å²) < 4.78 is 34.0. The van der Waals surface area contributed by atoms with Crippen LogP contribution in [0.5, 0.6) is 0 Å². The molecule has 0 fully saturated rings. The van der Waals surface area contributed by atoms with Crippen LogP contribution < -0.4 is 4.72 Å². The molecule has 0 saturated carbocycles. The van der Waals surface area contributed by atoms with Crippen molar-refractivity contribution >= 4 is 33.5 Å². The fourth-order valence-electron chi connectivity index (χ4n) is 3.99. The molecule has 11 nitrogen and oxygen atoms in total. The number of rotatable bonds is 8. The van der Waals surface area contributed by atoms with E-state index in [9.17, 15) is 32.9 Å². The van der Waals surface area contributed by atoms with Gasteiger partial charge in [-0.2, -0.15) is 0 Å². The average molecular weight is 524 g/mol. The molecule has 0 aromatic heterocycles. The summed E-state index contributed by atoms with van der Waals surface area (Å²) in [6.45, 7) is 1.15. The Morgan fingerprint density at radius 3 is 2.27 bits per heavy atom. The molecule has 0 saturated heterocycles. The van der Waals surface area contributed by atoms with Gasteiger partial charge in [0.2, 0.25) is 22.2 Å². The summed E-state index contributed by atoms with van der Waals surface area (Å²) >= 11 is 0. The van der Waals surface area contributed by atoms with Crippen LogP contribution in [-0.2, 0) is 24.3 Å².